The minimum atomic E-state index is -4.40. The highest BCUT2D eigenvalue weighted by atomic mass is 19.4. The van der Waals surface area contributed by atoms with Gasteiger partial charge in [0.05, 0.1) is 37.7 Å². The molecule has 0 saturated heterocycles. The summed E-state index contributed by atoms with van der Waals surface area (Å²) in [5, 5.41) is 6.48. The Morgan fingerprint density at radius 2 is 1.89 bits per heavy atom. The summed E-state index contributed by atoms with van der Waals surface area (Å²) in [4.78, 5) is 12.2. The Morgan fingerprint density at radius 3 is 2.57 bits per heavy atom. The first-order valence-corrected chi connectivity index (χ1v) is 8.66. The van der Waals surface area contributed by atoms with Crippen LogP contribution in [-0.4, -0.2) is 41.7 Å². The molecule has 0 bridgehead atoms. The molecule has 0 atom stereocenters. The number of benzene rings is 1. The number of hydrogen-bond donors (Lipinski definition) is 1. The van der Waals surface area contributed by atoms with Gasteiger partial charge in [0, 0.05) is 0 Å². The monoisotopic (exact) mass is 401 g/mol. The maximum absolute atomic E-state index is 12.2. The number of hydrogen-bond acceptors (Lipinski definition) is 5. The average Bonchev–Trinajstić information content (AvgIpc) is 3.03. The second kappa shape index (κ2) is 9.98. The molecule has 1 aromatic carbocycles. The number of carbonyl (C=O) groups excluding carboxylic acids is 1. The van der Waals surface area contributed by atoms with Crippen LogP contribution in [0.25, 0.3) is 0 Å². The van der Waals surface area contributed by atoms with E-state index in [1.807, 2.05) is 13.8 Å². The van der Waals surface area contributed by atoms with Gasteiger partial charge >= 0.3 is 6.18 Å². The minimum Gasteiger partial charge on any atom is -0.490 e. The summed E-state index contributed by atoms with van der Waals surface area (Å²) in [6.07, 6.45) is -1.60. The summed E-state index contributed by atoms with van der Waals surface area (Å²) in [7, 11) is 0. The summed E-state index contributed by atoms with van der Waals surface area (Å²) >= 11 is 0. The molecule has 1 amide bonds. The number of alkyl halides is 3. The number of nitrogens with one attached hydrogen (secondary N) is 1. The van der Waals surface area contributed by atoms with Crippen LogP contribution in [-0.2, 0) is 22.7 Å². The van der Waals surface area contributed by atoms with Crippen molar-refractivity contribution in [3.8, 4) is 11.5 Å². The van der Waals surface area contributed by atoms with Crippen molar-refractivity contribution in [1.29, 1.82) is 0 Å². The summed E-state index contributed by atoms with van der Waals surface area (Å²) < 4.78 is 52.9. The fraction of sp³-hybridized carbons (Fsp3) is 0.444. The van der Waals surface area contributed by atoms with Gasteiger partial charge in [-0.05, 0) is 31.5 Å². The largest absolute Gasteiger partial charge is 0.490 e. The lowest BCUT2D eigenvalue weighted by Gasteiger charge is -2.12. The Morgan fingerprint density at radius 1 is 1.18 bits per heavy atom. The highest BCUT2D eigenvalue weighted by molar-refractivity contribution is 5.92. The van der Waals surface area contributed by atoms with Gasteiger partial charge in [0.1, 0.15) is 13.3 Å². The van der Waals surface area contributed by atoms with E-state index in [4.69, 9.17) is 9.47 Å². The zero-order chi connectivity index (χ0) is 20.6. The van der Waals surface area contributed by atoms with Gasteiger partial charge in [0.2, 0.25) is 5.91 Å². The van der Waals surface area contributed by atoms with Crippen molar-refractivity contribution in [2.75, 3.05) is 25.1 Å². The van der Waals surface area contributed by atoms with E-state index in [9.17, 15) is 18.0 Å². The second-order valence-corrected chi connectivity index (χ2v) is 5.73. The van der Waals surface area contributed by atoms with E-state index in [0.29, 0.717) is 30.4 Å². The Balaban J connectivity index is 1.91. The lowest BCUT2D eigenvalue weighted by molar-refractivity contribution is -0.182. The third kappa shape index (κ3) is 7.10. The average molecular weight is 401 g/mol. The topological polar surface area (TPSA) is 74.6 Å². The molecule has 0 aliphatic rings. The van der Waals surface area contributed by atoms with Crippen molar-refractivity contribution >= 4 is 11.6 Å². The molecule has 0 fully saturated rings. The molecule has 1 heterocycles. The van der Waals surface area contributed by atoms with Crippen molar-refractivity contribution in [2.45, 2.75) is 33.2 Å². The van der Waals surface area contributed by atoms with Gasteiger partial charge in [-0.15, -0.1) is 0 Å². The first kappa shape index (κ1) is 21.5. The molecule has 7 nitrogen and oxygen atoms in total. The molecule has 0 unspecified atom stereocenters. The summed E-state index contributed by atoms with van der Waals surface area (Å²) in [6, 6.07) is 5.25. The zero-order valence-corrected chi connectivity index (χ0v) is 15.6. The fourth-order valence-corrected chi connectivity index (χ4v) is 2.35. The van der Waals surface area contributed by atoms with Crippen LogP contribution in [0.3, 0.4) is 0 Å². The Kier molecular flexibility index (Phi) is 7.68. The van der Waals surface area contributed by atoms with E-state index in [0.717, 1.165) is 10.2 Å². The Labute approximate surface area is 160 Å². The molecule has 28 heavy (non-hydrogen) atoms. The molecular formula is C18H22F3N3O4. The molecule has 1 N–H and O–H groups in total. The molecule has 0 aliphatic carbocycles. The van der Waals surface area contributed by atoms with Gasteiger partial charge in [-0.25, -0.2) is 4.68 Å². The van der Waals surface area contributed by atoms with Crippen LogP contribution in [0.1, 0.15) is 19.4 Å². The normalized spacial score (nSPS) is 11.3. The molecule has 2 aromatic rings. The predicted molar refractivity (Wildman–Crippen MR) is 95.3 cm³/mol. The predicted octanol–water partition coefficient (Wildman–Crippen LogP) is 3.40. The number of aromatic nitrogens is 2. The minimum absolute atomic E-state index is 0.0855. The van der Waals surface area contributed by atoms with Crippen LogP contribution in [0, 0.1) is 0 Å². The summed E-state index contributed by atoms with van der Waals surface area (Å²) in [6.45, 7) is 2.94. The Bertz CT molecular complexity index is 778. The number of amides is 1. The molecule has 2 rings (SSSR count). The number of ether oxygens (including phenoxy) is 3. The van der Waals surface area contributed by atoms with Crippen molar-refractivity contribution in [3.05, 3.63) is 36.2 Å². The van der Waals surface area contributed by atoms with Crippen LogP contribution in [0.4, 0.5) is 18.9 Å². The molecule has 1 aromatic heterocycles. The number of rotatable bonds is 10. The van der Waals surface area contributed by atoms with E-state index in [1.54, 1.807) is 18.2 Å². The van der Waals surface area contributed by atoms with Crippen molar-refractivity contribution < 1.29 is 32.2 Å². The van der Waals surface area contributed by atoms with Gasteiger partial charge in [0.25, 0.3) is 0 Å². The van der Waals surface area contributed by atoms with E-state index in [2.05, 4.69) is 15.2 Å². The molecule has 0 aliphatic heterocycles. The van der Waals surface area contributed by atoms with Crippen LogP contribution < -0.4 is 14.8 Å². The SMILES string of the molecule is CCOc1ccc(CC(=O)Nc2cnn(COCC(F)(F)F)c2)cc1OCC. The lowest BCUT2D eigenvalue weighted by Crippen LogP contribution is -2.18. The molecule has 0 saturated carbocycles. The van der Waals surface area contributed by atoms with E-state index in [1.165, 1.54) is 12.4 Å². The quantitative estimate of drug-likeness (QED) is 0.661. The highest BCUT2D eigenvalue weighted by Gasteiger charge is 2.27. The van der Waals surface area contributed by atoms with Gasteiger partial charge in [0.15, 0.2) is 11.5 Å². The summed E-state index contributed by atoms with van der Waals surface area (Å²) in [5.74, 6) is 0.861. The van der Waals surface area contributed by atoms with Gasteiger partial charge in [-0.2, -0.15) is 18.3 Å². The number of halogens is 3. The number of anilines is 1. The van der Waals surface area contributed by atoms with E-state index < -0.39 is 12.8 Å². The van der Waals surface area contributed by atoms with Gasteiger partial charge in [-0.1, -0.05) is 6.07 Å². The summed E-state index contributed by atoms with van der Waals surface area (Å²) in [5.41, 5.74) is 1.09. The van der Waals surface area contributed by atoms with E-state index in [-0.39, 0.29) is 19.1 Å². The Hall–Kier alpha value is -2.75. The maximum atomic E-state index is 12.2. The molecule has 0 spiro atoms. The third-order valence-corrected chi connectivity index (χ3v) is 3.38. The van der Waals surface area contributed by atoms with Crippen LogP contribution in [0.2, 0.25) is 0 Å². The lowest BCUT2D eigenvalue weighted by atomic mass is 10.1. The highest BCUT2D eigenvalue weighted by Crippen LogP contribution is 2.28. The fourth-order valence-electron chi connectivity index (χ4n) is 2.35. The number of nitrogens with zero attached hydrogens (tertiary/aromatic N) is 2. The number of carbonyl (C=O) groups is 1. The van der Waals surface area contributed by atoms with Crippen molar-refractivity contribution in [2.24, 2.45) is 0 Å². The maximum Gasteiger partial charge on any atom is 0.411 e. The smallest absolute Gasteiger partial charge is 0.411 e. The first-order chi connectivity index (χ1) is 13.3. The zero-order valence-electron chi connectivity index (χ0n) is 15.6. The standard InChI is InChI=1S/C18H22F3N3O4/c1-3-27-15-6-5-13(7-16(15)28-4-2)8-17(25)23-14-9-22-24(10-14)12-26-11-18(19,20)21/h5-7,9-10H,3-4,8,11-12H2,1-2H3,(H,23,25). The van der Waals surface area contributed by atoms with Gasteiger partial charge < -0.3 is 19.5 Å². The molecule has 0 radical (unpaired) electrons. The molecule has 10 heteroatoms. The van der Waals surface area contributed by atoms with Crippen LogP contribution in [0.5, 0.6) is 11.5 Å². The van der Waals surface area contributed by atoms with Crippen LogP contribution in [0.15, 0.2) is 30.6 Å². The first-order valence-electron chi connectivity index (χ1n) is 8.66. The van der Waals surface area contributed by atoms with Crippen molar-refractivity contribution in [1.82, 2.24) is 9.78 Å². The van der Waals surface area contributed by atoms with Gasteiger partial charge in [-0.3, -0.25) is 4.79 Å². The van der Waals surface area contributed by atoms with Crippen molar-refractivity contribution in [3.63, 3.8) is 0 Å². The van der Waals surface area contributed by atoms with Crippen LogP contribution >= 0.6 is 0 Å². The second-order valence-electron chi connectivity index (χ2n) is 5.73. The molecular weight excluding hydrogens is 379 g/mol. The molecule has 154 valence electrons. The third-order valence-electron chi connectivity index (χ3n) is 3.38. The van der Waals surface area contributed by atoms with E-state index >= 15 is 0 Å².